The summed E-state index contributed by atoms with van der Waals surface area (Å²) in [7, 11) is 0. The molecule has 0 bridgehead atoms. The standard InChI is InChI=1S/C31H36FNO4/c1-19(2)12-28(25-14-21(4)13-22(5)15-25)33-31(36)26-17-23(7-8-24(26)9-11-30(34)35)18-37-29-16-20(3)6-10-27(29)32/h6-8,10,13-17,19,28H,9,11-12,18H2,1-5H3,(H,33,36)(H,34,35). The number of aliphatic carboxylic acids is 1. The van der Waals surface area contributed by atoms with E-state index in [4.69, 9.17) is 4.74 Å². The molecule has 6 heteroatoms. The van der Waals surface area contributed by atoms with E-state index in [0.717, 1.165) is 28.7 Å². The lowest BCUT2D eigenvalue weighted by atomic mass is 9.93. The normalized spacial score (nSPS) is 11.9. The highest BCUT2D eigenvalue weighted by Crippen LogP contribution is 2.26. The first-order valence-corrected chi connectivity index (χ1v) is 12.6. The zero-order valence-corrected chi connectivity index (χ0v) is 22.2. The number of hydrogen-bond acceptors (Lipinski definition) is 3. The van der Waals surface area contributed by atoms with E-state index in [1.165, 1.54) is 6.07 Å². The van der Waals surface area contributed by atoms with Gasteiger partial charge in [0.2, 0.25) is 0 Å². The van der Waals surface area contributed by atoms with E-state index < -0.39 is 11.8 Å². The Morgan fingerprint density at radius 3 is 2.30 bits per heavy atom. The smallest absolute Gasteiger partial charge is 0.303 e. The van der Waals surface area contributed by atoms with Gasteiger partial charge in [0.25, 0.3) is 5.91 Å². The third-order valence-electron chi connectivity index (χ3n) is 6.17. The van der Waals surface area contributed by atoms with Crippen molar-refractivity contribution in [3.05, 3.63) is 99.4 Å². The lowest BCUT2D eigenvalue weighted by Crippen LogP contribution is -2.30. The van der Waals surface area contributed by atoms with Crippen molar-refractivity contribution in [3.63, 3.8) is 0 Å². The molecule has 5 nitrogen and oxygen atoms in total. The molecule has 0 aliphatic rings. The number of benzene rings is 3. The second kappa shape index (κ2) is 12.5. The number of rotatable bonds is 11. The second-order valence-corrected chi connectivity index (χ2v) is 10.2. The monoisotopic (exact) mass is 505 g/mol. The van der Waals surface area contributed by atoms with E-state index in [1.807, 2.05) is 20.8 Å². The third-order valence-corrected chi connectivity index (χ3v) is 6.17. The minimum atomic E-state index is -0.929. The Kier molecular flexibility index (Phi) is 9.45. The van der Waals surface area contributed by atoms with Crippen molar-refractivity contribution < 1.29 is 23.8 Å². The highest BCUT2D eigenvalue weighted by Gasteiger charge is 2.21. The Hall–Kier alpha value is -3.67. The molecule has 1 atom stereocenters. The van der Waals surface area contributed by atoms with Crippen LogP contribution in [0.15, 0.2) is 54.6 Å². The molecule has 196 valence electrons. The van der Waals surface area contributed by atoms with Crippen molar-refractivity contribution >= 4 is 11.9 Å². The lowest BCUT2D eigenvalue weighted by molar-refractivity contribution is -0.136. The van der Waals surface area contributed by atoms with Crippen LogP contribution in [0.2, 0.25) is 0 Å². The number of carbonyl (C=O) groups is 2. The van der Waals surface area contributed by atoms with Crippen molar-refractivity contribution in [1.82, 2.24) is 5.32 Å². The average molecular weight is 506 g/mol. The fraction of sp³-hybridized carbons (Fsp3) is 0.355. The predicted octanol–water partition coefficient (Wildman–Crippen LogP) is 6.86. The van der Waals surface area contributed by atoms with E-state index in [0.29, 0.717) is 22.6 Å². The number of nitrogens with one attached hydrogen (secondary N) is 1. The maximum Gasteiger partial charge on any atom is 0.303 e. The second-order valence-electron chi connectivity index (χ2n) is 10.2. The summed E-state index contributed by atoms with van der Waals surface area (Å²) in [6.45, 7) is 10.2. The van der Waals surface area contributed by atoms with Crippen molar-refractivity contribution in [2.75, 3.05) is 0 Å². The van der Waals surface area contributed by atoms with E-state index in [-0.39, 0.29) is 37.1 Å². The van der Waals surface area contributed by atoms with Crippen LogP contribution in [-0.4, -0.2) is 17.0 Å². The Balaban J connectivity index is 1.90. The number of amides is 1. The molecule has 0 saturated carbocycles. The molecule has 0 saturated heterocycles. The van der Waals surface area contributed by atoms with E-state index in [1.54, 1.807) is 30.3 Å². The lowest BCUT2D eigenvalue weighted by Gasteiger charge is -2.23. The molecule has 0 fully saturated rings. The molecule has 3 aromatic rings. The quantitative estimate of drug-likeness (QED) is 0.298. The zero-order valence-electron chi connectivity index (χ0n) is 22.2. The topological polar surface area (TPSA) is 75.6 Å². The van der Waals surface area contributed by atoms with Crippen molar-refractivity contribution in [2.24, 2.45) is 5.92 Å². The maximum atomic E-state index is 14.1. The van der Waals surface area contributed by atoms with E-state index in [2.05, 4.69) is 37.4 Å². The summed E-state index contributed by atoms with van der Waals surface area (Å²) in [6, 6.07) is 16.0. The minimum absolute atomic E-state index is 0.0758. The highest BCUT2D eigenvalue weighted by molar-refractivity contribution is 5.96. The van der Waals surface area contributed by atoms with Crippen LogP contribution in [0.4, 0.5) is 4.39 Å². The number of aryl methyl sites for hydroxylation is 4. The molecule has 1 unspecified atom stereocenters. The molecule has 0 spiro atoms. The van der Waals surface area contributed by atoms with Gasteiger partial charge in [-0.15, -0.1) is 0 Å². The van der Waals surface area contributed by atoms with Crippen LogP contribution in [0.5, 0.6) is 5.75 Å². The van der Waals surface area contributed by atoms with E-state index >= 15 is 0 Å². The van der Waals surface area contributed by atoms with Gasteiger partial charge in [-0.3, -0.25) is 9.59 Å². The van der Waals surface area contributed by atoms with E-state index in [9.17, 15) is 19.1 Å². The van der Waals surface area contributed by atoms with Crippen molar-refractivity contribution in [1.29, 1.82) is 0 Å². The van der Waals surface area contributed by atoms with Gasteiger partial charge in [-0.25, -0.2) is 4.39 Å². The molecule has 0 radical (unpaired) electrons. The molecule has 1 amide bonds. The molecule has 3 rings (SSSR count). The highest BCUT2D eigenvalue weighted by atomic mass is 19.1. The number of carboxylic acids is 1. The summed E-state index contributed by atoms with van der Waals surface area (Å²) < 4.78 is 19.8. The van der Waals surface area contributed by atoms with Crippen LogP contribution < -0.4 is 10.1 Å². The van der Waals surface area contributed by atoms with Gasteiger partial charge in [0.05, 0.1) is 6.04 Å². The maximum absolute atomic E-state index is 14.1. The average Bonchev–Trinajstić information content (AvgIpc) is 2.82. The molecular weight excluding hydrogens is 469 g/mol. The summed E-state index contributed by atoms with van der Waals surface area (Å²) in [6.07, 6.45) is 0.899. The van der Waals surface area contributed by atoms with Gasteiger partial charge in [-0.1, -0.05) is 61.4 Å². The first-order chi connectivity index (χ1) is 17.5. The number of ether oxygens (including phenoxy) is 1. The first kappa shape index (κ1) is 27.9. The molecule has 0 aliphatic heterocycles. The van der Waals surface area contributed by atoms with Gasteiger partial charge in [0.1, 0.15) is 6.61 Å². The van der Waals surface area contributed by atoms with Gasteiger partial charge in [0.15, 0.2) is 11.6 Å². The molecule has 0 heterocycles. The van der Waals surface area contributed by atoms with Crippen LogP contribution in [0.1, 0.15) is 76.5 Å². The largest absolute Gasteiger partial charge is 0.486 e. The molecular formula is C31H36FNO4. The van der Waals surface area contributed by atoms with Crippen molar-refractivity contribution in [3.8, 4) is 5.75 Å². The fourth-order valence-corrected chi connectivity index (χ4v) is 4.46. The summed E-state index contributed by atoms with van der Waals surface area (Å²) in [5.74, 6) is -1.16. The third kappa shape index (κ3) is 8.17. The molecule has 2 N–H and O–H groups in total. The molecule has 3 aromatic carbocycles. The van der Waals surface area contributed by atoms with Gasteiger partial charge in [0, 0.05) is 12.0 Å². The summed E-state index contributed by atoms with van der Waals surface area (Å²) in [5.41, 5.74) is 5.92. The SMILES string of the molecule is Cc1cc(C)cc(C(CC(C)C)NC(=O)c2cc(COc3cc(C)ccc3F)ccc2CCC(=O)O)c1. The van der Waals surface area contributed by atoms with Crippen LogP contribution in [0.25, 0.3) is 0 Å². The van der Waals surface area contributed by atoms with Gasteiger partial charge in [-0.05, 0) is 80.0 Å². The Labute approximate surface area is 218 Å². The van der Waals surface area contributed by atoms with Crippen molar-refractivity contribution in [2.45, 2.75) is 66.5 Å². The minimum Gasteiger partial charge on any atom is -0.486 e. The van der Waals surface area contributed by atoms with Gasteiger partial charge in [-0.2, -0.15) is 0 Å². The number of halogens is 1. The Morgan fingerprint density at radius 2 is 1.65 bits per heavy atom. The Morgan fingerprint density at radius 1 is 0.946 bits per heavy atom. The predicted molar refractivity (Wildman–Crippen MR) is 143 cm³/mol. The number of carbonyl (C=O) groups excluding carboxylic acids is 1. The molecule has 0 aliphatic carbocycles. The Bertz CT molecular complexity index is 1250. The molecule has 0 aromatic heterocycles. The summed E-state index contributed by atoms with van der Waals surface area (Å²) in [5, 5.41) is 12.4. The van der Waals surface area contributed by atoms with Gasteiger partial charge < -0.3 is 15.2 Å². The number of hydrogen-bond donors (Lipinski definition) is 2. The zero-order chi connectivity index (χ0) is 27.1. The molecule has 37 heavy (non-hydrogen) atoms. The first-order valence-electron chi connectivity index (χ1n) is 12.6. The summed E-state index contributed by atoms with van der Waals surface area (Å²) in [4.78, 5) is 24.8. The van der Waals surface area contributed by atoms with Crippen LogP contribution >= 0.6 is 0 Å². The summed E-state index contributed by atoms with van der Waals surface area (Å²) >= 11 is 0. The van der Waals surface area contributed by atoms with Crippen LogP contribution in [0.3, 0.4) is 0 Å². The fourth-order valence-electron chi connectivity index (χ4n) is 4.46. The number of carboxylic acid groups (broad SMARTS) is 1. The van der Waals surface area contributed by atoms with Gasteiger partial charge >= 0.3 is 5.97 Å². The van der Waals surface area contributed by atoms with Crippen LogP contribution in [-0.2, 0) is 17.8 Å². The van der Waals surface area contributed by atoms with Crippen LogP contribution in [0, 0.1) is 32.5 Å².